The number of hydrogen-bond acceptors (Lipinski definition) is 3. The summed E-state index contributed by atoms with van der Waals surface area (Å²) in [6.07, 6.45) is 1.59. The highest BCUT2D eigenvalue weighted by Gasteiger charge is 2.08. The number of methoxy groups -OCH3 is 1. The summed E-state index contributed by atoms with van der Waals surface area (Å²) in [7, 11) is 1.56. The summed E-state index contributed by atoms with van der Waals surface area (Å²) in [5.74, 6) is 0.832. The highest BCUT2D eigenvalue weighted by atomic mass is 16.5. The van der Waals surface area contributed by atoms with Gasteiger partial charge < -0.3 is 15.6 Å². The third-order valence-electron chi connectivity index (χ3n) is 1.83. The molecule has 0 aromatic heterocycles. The standard InChI is InChI=1S/C10H13NO2/c1-3-9(11)8-6-7(12)4-5-10(8)13-2/h3-6,9,12H,1,11H2,2H3. The third-order valence-corrected chi connectivity index (χ3v) is 1.83. The van der Waals surface area contributed by atoms with Crippen LogP contribution < -0.4 is 10.5 Å². The molecular formula is C10H13NO2. The summed E-state index contributed by atoms with van der Waals surface area (Å²) >= 11 is 0. The minimum atomic E-state index is -0.318. The van der Waals surface area contributed by atoms with Gasteiger partial charge in [-0.3, -0.25) is 0 Å². The molecule has 3 heteroatoms. The Morgan fingerprint density at radius 3 is 2.85 bits per heavy atom. The van der Waals surface area contributed by atoms with E-state index in [0.717, 1.165) is 5.56 Å². The van der Waals surface area contributed by atoms with Crippen LogP contribution in [0.3, 0.4) is 0 Å². The van der Waals surface area contributed by atoms with E-state index in [2.05, 4.69) is 6.58 Å². The Labute approximate surface area is 77.4 Å². The van der Waals surface area contributed by atoms with Crippen molar-refractivity contribution >= 4 is 0 Å². The number of hydrogen-bond donors (Lipinski definition) is 2. The summed E-state index contributed by atoms with van der Waals surface area (Å²) < 4.78 is 5.08. The van der Waals surface area contributed by atoms with E-state index in [0.29, 0.717) is 5.75 Å². The van der Waals surface area contributed by atoms with Crippen molar-refractivity contribution in [2.75, 3.05) is 7.11 Å². The number of benzene rings is 1. The number of phenolic OH excluding ortho intramolecular Hbond substituents is 1. The zero-order valence-electron chi connectivity index (χ0n) is 7.53. The molecule has 70 valence electrons. The van der Waals surface area contributed by atoms with Crippen LogP contribution in [0, 0.1) is 0 Å². The van der Waals surface area contributed by atoms with Crippen molar-refractivity contribution in [3.63, 3.8) is 0 Å². The first kappa shape index (κ1) is 9.61. The Hall–Kier alpha value is -1.48. The normalized spacial score (nSPS) is 12.2. The van der Waals surface area contributed by atoms with Gasteiger partial charge in [0.15, 0.2) is 0 Å². The van der Waals surface area contributed by atoms with E-state index in [9.17, 15) is 5.11 Å². The molecule has 1 aromatic rings. The molecular weight excluding hydrogens is 166 g/mol. The maximum Gasteiger partial charge on any atom is 0.124 e. The molecule has 1 aromatic carbocycles. The first-order valence-corrected chi connectivity index (χ1v) is 3.94. The molecule has 3 N–H and O–H groups in total. The molecule has 0 heterocycles. The van der Waals surface area contributed by atoms with E-state index < -0.39 is 0 Å². The second-order valence-electron chi connectivity index (χ2n) is 2.69. The van der Waals surface area contributed by atoms with Gasteiger partial charge in [-0.1, -0.05) is 6.08 Å². The van der Waals surface area contributed by atoms with Crippen LogP contribution in [0.5, 0.6) is 11.5 Å². The summed E-state index contributed by atoms with van der Waals surface area (Å²) in [5, 5.41) is 9.23. The van der Waals surface area contributed by atoms with Crippen LogP contribution in [-0.4, -0.2) is 12.2 Å². The fourth-order valence-electron chi connectivity index (χ4n) is 1.11. The smallest absolute Gasteiger partial charge is 0.124 e. The first-order chi connectivity index (χ1) is 6.19. The van der Waals surface area contributed by atoms with Crippen molar-refractivity contribution in [2.45, 2.75) is 6.04 Å². The summed E-state index contributed by atoms with van der Waals surface area (Å²) in [4.78, 5) is 0. The summed E-state index contributed by atoms with van der Waals surface area (Å²) in [5.41, 5.74) is 6.46. The van der Waals surface area contributed by atoms with Crippen molar-refractivity contribution in [1.29, 1.82) is 0 Å². The van der Waals surface area contributed by atoms with Crippen LogP contribution in [0.1, 0.15) is 11.6 Å². The molecule has 0 aliphatic heterocycles. The zero-order valence-corrected chi connectivity index (χ0v) is 7.53. The molecule has 0 aliphatic carbocycles. The maximum atomic E-state index is 9.23. The fraction of sp³-hybridized carbons (Fsp3) is 0.200. The van der Waals surface area contributed by atoms with Gasteiger partial charge in [-0.2, -0.15) is 0 Å². The largest absolute Gasteiger partial charge is 0.508 e. The van der Waals surface area contributed by atoms with Crippen molar-refractivity contribution in [3.05, 3.63) is 36.4 Å². The van der Waals surface area contributed by atoms with Crippen LogP contribution in [0.25, 0.3) is 0 Å². The fourth-order valence-corrected chi connectivity index (χ4v) is 1.11. The number of ether oxygens (including phenoxy) is 1. The summed E-state index contributed by atoms with van der Waals surface area (Å²) in [6.45, 7) is 3.58. The van der Waals surface area contributed by atoms with Gasteiger partial charge in [0.25, 0.3) is 0 Å². The van der Waals surface area contributed by atoms with E-state index in [1.54, 1.807) is 31.4 Å². The SMILES string of the molecule is C=CC(N)c1cc(O)ccc1OC. The van der Waals surface area contributed by atoms with Crippen LogP contribution in [0.2, 0.25) is 0 Å². The highest BCUT2D eigenvalue weighted by Crippen LogP contribution is 2.27. The molecule has 3 nitrogen and oxygen atoms in total. The first-order valence-electron chi connectivity index (χ1n) is 3.94. The van der Waals surface area contributed by atoms with Crippen LogP contribution in [0.4, 0.5) is 0 Å². The second-order valence-corrected chi connectivity index (χ2v) is 2.69. The van der Waals surface area contributed by atoms with Crippen molar-refractivity contribution < 1.29 is 9.84 Å². The quantitative estimate of drug-likeness (QED) is 0.693. The van der Waals surface area contributed by atoms with Gasteiger partial charge in [0, 0.05) is 5.56 Å². The predicted molar refractivity (Wildman–Crippen MR) is 51.8 cm³/mol. The minimum Gasteiger partial charge on any atom is -0.508 e. The molecule has 0 bridgehead atoms. The predicted octanol–water partition coefficient (Wildman–Crippen LogP) is 1.59. The van der Waals surface area contributed by atoms with Gasteiger partial charge >= 0.3 is 0 Å². The molecule has 0 fully saturated rings. The number of rotatable bonds is 3. The lowest BCUT2D eigenvalue weighted by Gasteiger charge is -2.12. The molecule has 0 amide bonds. The zero-order chi connectivity index (χ0) is 9.84. The molecule has 0 radical (unpaired) electrons. The lowest BCUT2D eigenvalue weighted by molar-refractivity contribution is 0.405. The molecule has 0 saturated heterocycles. The highest BCUT2D eigenvalue weighted by molar-refractivity contribution is 5.42. The van der Waals surface area contributed by atoms with Gasteiger partial charge in [0.1, 0.15) is 11.5 Å². The number of nitrogens with two attached hydrogens (primary N) is 1. The van der Waals surface area contributed by atoms with Gasteiger partial charge in [-0.05, 0) is 18.2 Å². The van der Waals surface area contributed by atoms with E-state index >= 15 is 0 Å². The van der Waals surface area contributed by atoms with Gasteiger partial charge in [-0.25, -0.2) is 0 Å². The molecule has 1 unspecified atom stereocenters. The lowest BCUT2D eigenvalue weighted by Crippen LogP contribution is -2.07. The molecule has 0 saturated carbocycles. The monoisotopic (exact) mass is 179 g/mol. The third kappa shape index (κ3) is 2.00. The van der Waals surface area contributed by atoms with E-state index in [1.165, 1.54) is 0 Å². The van der Waals surface area contributed by atoms with Gasteiger partial charge in [-0.15, -0.1) is 6.58 Å². The Kier molecular flexibility index (Phi) is 2.93. The van der Waals surface area contributed by atoms with Crippen LogP contribution >= 0.6 is 0 Å². The Balaban J connectivity index is 3.14. The maximum absolute atomic E-state index is 9.23. The minimum absolute atomic E-state index is 0.174. The van der Waals surface area contributed by atoms with Crippen LogP contribution in [-0.2, 0) is 0 Å². The van der Waals surface area contributed by atoms with Gasteiger partial charge in [0.2, 0.25) is 0 Å². The molecule has 1 rings (SSSR count). The molecule has 1 atom stereocenters. The Bertz CT molecular complexity index is 310. The second kappa shape index (κ2) is 3.96. The van der Waals surface area contributed by atoms with Crippen LogP contribution in [0.15, 0.2) is 30.9 Å². The number of aromatic hydroxyl groups is 1. The average molecular weight is 179 g/mol. The topological polar surface area (TPSA) is 55.5 Å². The number of phenols is 1. The summed E-state index contributed by atoms with van der Waals surface area (Å²) in [6, 6.07) is 4.49. The van der Waals surface area contributed by atoms with Crippen molar-refractivity contribution in [1.82, 2.24) is 0 Å². The average Bonchev–Trinajstić information content (AvgIpc) is 2.16. The van der Waals surface area contributed by atoms with E-state index in [-0.39, 0.29) is 11.8 Å². The Morgan fingerprint density at radius 2 is 2.31 bits per heavy atom. The molecule has 0 spiro atoms. The van der Waals surface area contributed by atoms with E-state index in [1.807, 2.05) is 0 Å². The van der Waals surface area contributed by atoms with Crippen molar-refractivity contribution in [2.24, 2.45) is 5.73 Å². The van der Waals surface area contributed by atoms with E-state index in [4.69, 9.17) is 10.5 Å². The lowest BCUT2D eigenvalue weighted by atomic mass is 10.1. The molecule has 13 heavy (non-hydrogen) atoms. The Morgan fingerprint density at radius 1 is 1.62 bits per heavy atom. The molecule has 0 aliphatic rings. The van der Waals surface area contributed by atoms with Gasteiger partial charge in [0.05, 0.1) is 13.2 Å². The van der Waals surface area contributed by atoms with Crippen molar-refractivity contribution in [3.8, 4) is 11.5 Å².